The zero-order valence-corrected chi connectivity index (χ0v) is 17.3. The van der Waals surface area contributed by atoms with Gasteiger partial charge in [-0.1, -0.05) is 18.2 Å². The van der Waals surface area contributed by atoms with Gasteiger partial charge in [0.05, 0.1) is 0 Å². The molecule has 4 N–H and O–H groups in total. The van der Waals surface area contributed by atoms with Gasteiger partial charge < -0.3 is 16.2 Å². The molecule has 2 heterocycles. The third-order valence-electron chi connectivity index (χ3n) is 7.06. The van der Waals surface area contributed by atoms with E-state index in [1.54, 1.807) is 6.20 Å². The molecule has 0 amide bonds. The van der Waals surface area contributed by atoms with Crippen molar-refractivity contribution in [3.8, 4) is 22.8 Å². The molecule has 2 aromatic heterocycles. The van der Waals surface area contributed by atoms with Crippen LogP contribution in [0.1, 0.15) is 37.9 Å². The first kappa shape index (κ1) is 18.4. The summed E-state index contributed by atoms with van der Waals surface area (Å²) in [5.74, 6) is 3.15. The fourth-order valence-corrected chi connectivity index (χ4v) is 5.50. The predicted molar refractivity (Wildman–Crippen MR) is 121 cm³/mol. The van der Waals surface area contributed by atoms with Gasteiger partial charge in [-0.2, -0.15) is 0 Å². The summed E-state index contributed by atoms with van der Waals surface area (Å²) in [5, 5.41) is 0. The van der Waals surface area contributed by atoms with E-state index in [0.29, 0.717) is 5.82 Å². The summed E-state index contributed by atoms with van der Waals surface area (Å²) in [6.45, 7) is 0. The second-order valence-corrected chi connectivity index (χ2v) is 9.07. The van der Waals surface area contributed by atoms with Crippen LogP contribution < -0.4 is 16.2 Å². The predicted octanol–water partition coefficient (Wildman–Crippen LogP) is 4.68. The Labute approximate surface area is 180 Å². The summed E-state index contributed by atoms with van der Waals surface area (Å²) in [6, 6.07) is 17.8. The first-order valence-corrected chi connectivity index (χ1v) is 10.8. The molecule has 6 nitrogen and oxygen atoms in total. The van der Waals surface area contributed by atoms with E-state index >= 15 is 0 Å². The minimum absolute atomic E-state index is 0.0278. The number of rotatable bonds is 4. The molecule has 0 atom stereocenters. The highest BCUT2D eigenvalue weighted by molar-refractivity contribution is 5.85. The Kier molecular flexibility index (Phi) is 3.89. The quantitative estimate of drug-likeness (QED) is 0.509. The van der Waals surface area contributed by atoms with Crippen LogP contribution in [-0.2, 0) is 5.41 Å². The number of imidazole rings is 1. The van der Waals surface area contributed by atoms with Crippen molar-refractivity contribution in [3.05, 3.63) is 72.8 Å². The van der Waals surface area contributed by atoms with Crippen LogP contribution in [0.4, 0.5) is 5.82 Å². The van der Waals surface area contributed by atoms with Gasteiger partial charge in [0.2, 0.25) is 0 Å². The van der Waals surface area contributed by atoms with E-state index in [0.717, 1.165) is 66.2 Å². The van der Waals surface area contributed by atoms with Crippen molar-refractivity contribution < 1.29 is 4.74 Å². The summed E-state index contributed by atoms with van der Waals surface area (Å²) in [6.07, 6.45) is 9.00. The van der Waals surface area contributed by atoms with Gasteiger partial charge in [-0.15, -0.1) is 0 Å². The van der Waals surface area contributed by atoms with Gasteiger partial charge in [-0.25, -0.2) is 9.97 Å². The van der Waals surface area contributed by atoms with Crippen LogP contribution in [0.3, 0.4) is 0 Å². The van der Waals surface area contributed by atoms with Crippen molar-refractivity contribution >= 4 is 11.3 Å². The second-order valence-electron chi connectivity index (χ2n) is 9.07. The molecule has 2 aliphatic rings. The van der Waals surface area contributed by atoms with Crippen molar-refractivity contribution in [3.63, 3.8) is 0 Å². The molecule has 6 rings (SSSR count). The van der Waals surface area contributed by atoms with E-state index in [9.17, 15) is 0 Å². The van der Waals surface area contributed by atoms with Gasteiger partial charge in [0.25, 0.3) is 0 Å². The monoisotopic (exact) mass is 411 g/mol. The highest BCUT2D eigenvalue weighted by atomic mass is 16.5. The Morgan fingerprint density at radius 2 is 1.61 bits per heavy atom. The molecular weight excluding hydrogens is 386 g/mol. The molecule has 0 spiro atoms. The van der Waals surface area contributed by atoms with E-state index in [1.807, 2.05) is 60.8 Å². The van der Waals surface area contributed by atoms with Crippen LogP contribution in [-0.4, -0.2) is 19.9 Å². The summed E-state index contributed by atoms with van der Waals surface area (Å²) in [7, 11) is 0. The lowest BCUT2D eigenvalue weighted by Gasteiger charge is -2.25. The molecule has 0 radical (unpaired) electrons. The largest absolute Gasteiger partial charge is 0.457 e. The highest BCUT2D eigenvalue weighted by Gasteiger charge is 2.55. The van der Waals surface area contributed by atoms with E-state index in [1.165, 1.54) is 0 Å². The van der Waals surface area contributed by atoms with Crippen molar-refractivity contribution in [1.82, 2.24) is 14.4 Å². The van der Waals surface area contributed by atoms with Gasteiger partial charge in [0.15, 0.2) is 0 Å². The molecule has 2 aliphatic carbocycles. The molecule has 31 heavy (non-hydrogen) atoms. The number of fused-ring (bicyclic) bond motifs is 3. The van der Waals surface area contributed by atoms with Crippen LogP contribution in [0.15, 0.2) is 67.0 Å². The molecular formula is C25H25N5O. The number of nitrogens with zero attached hydrogens (tertiary/aromatic N) is 3. The number of hydrogen-bond acceptors (Lipinski definition) is 5. The Balaban J connectivity index is 1.42. The van der Waals surface area contributed by atoms with Gasteiger partial charge in [-0.3, -0.25) is 4.40 Å². The third-order valence-corrected chi connectivity index (χ3v) is 7.06. The first-order chi connectivity index (χ1) is 15.1. The molecule has 2 bridgehead atoms. The molecule has 156 valence electrons. The third kappa shape index (κ3) is 2.90. The second kappa shape index (κ2) is 6.56. The zero-order chi connectivity index (χ0) is 21.1. The van der Waals surface area contributed by atoms with Gasteiger partial charge in [0.1, 0.15) is 34.4 Å². The lowest BCUT2D eigenvalue weighted by atomic mass is 9.83. The normalized spacial score (nSPS) is 24.7. The van der Waals surface area contributed by atoms with Crippen molar-refractivity contribution in [2.45, 2.75) is 43.1 Å². The van der Waals surface area contributed by atoms with Crippen molar-refractivity contribution in [2.24, 2.45) is 5.73 Å². The minimum atomic E-state index is -0.0407. The molecule has 4 aromatic rings. The number of ether oxygens (including phenoxy) is 1. The summed E-state index contributed by atoms with van der Waals surface area (Å²) in [5.41, 5.74) is 15.7. The van der Waals surface area contributed by atoms with E-state index < -0.39 is 0 Å². The number of anilines is 1. The Bertz CT molecular complexity index is 1250. The molecule has 0 saturated heterocycles. The Hall–Kier alpha value is -3.38. The fraction of sp³-hybridized carbons (Fsp3) is 0.280. The lowest BCUT2D eigenvalue weighted by molar-refractivity contribution is 0.381. The van der Waals surface area contributed by atoms with Crippen LogP contribution in [0, 0.1) is 0 Å². The standard InChI is InChI=1S/C25H25N5O/c26-22-21-20(17-6-8-19(9-7-17)31-18-4-2-1-3-5-18)29-23(30(21)15-14-28-22)24-10-12-25(27,16-24)13-11-24/h1-9,14-15H,10-13,16,27H2,(H2,26,28). The van der Waals surface area contributed by atoms with Gasteiger partial charge in [-0.05, 0) is 68.5 Å². The van der Waals surface area contributed by atoms with E-state index in [2.05, 4.69) is 9.38 Å². The van der Waals surface area contributed by atoms with Gasteiger partial charge in [0, 0.05) is 28.9 Å². The first-order valence-electron chi connectivity index (χ1n) is 10.8. The van der Waals surface area contributed by atoms with Crippen LogP contribution >= 0.6 is 0 Å². The van der Waals surface area contributed by atoms with Gasteiger partial charge >= 0.3 is 0 Å². The zero-order valence-electron chi connectivity index (χ0n) is 17.3. The number of benzene rings is 2. The maximum atomic E-state index is 6.61. The Morgan fingerprint density at radius 1 is 0.903 bits per heavy atom. The lowest BCUT2D eigenvalue weighted by Crippen LogP contribution is -2.33. The summed E-state index contributed by atoms with van der Waals surface area (Å²) < 4.78 is 8.08. The number of para-hydroxylation sites is 1. The molecule has 0 unspecified atom stereocenters. The number of aromatic nitrogens is 3. The van der Waals surface area contributed by atoms with Crippen LogP contribution in [0.5, 0.6) is 11.5 Å². The summed E-state index contributed by atoms with van der Waals surface area (Å²) >= 11 is 0. The average Bonchev–Trinajstić information content (AvgIpc) is 3.45. The molecule has 0 aliphatic heterocycles. The average molecular weight is 412 g/mol. The topological polar surface area (TPSA) is 91.5 Å². The van der Waals surface area contributed by atoms with Crippen LogP contribution in [0.25, 0.3) is 16.8 Å². The van der Waals surface area contributed by atoms with Crippen molar-refractivity contribution in [2.75, 3.05) is 5.73 Å². The number of nitrogens with two attached hydrogens (primary N) is 2. The summed E-state index contributed by atoms with van der Waals surface area (Å²) in [4.78, 5) is 9.51. The minimum Gasteiger partial charge on any atom is -0.457 e. The maximum Gasteiger partial charge on any atom is 0.150 e. The van der Waals surface area contributed by atoms with Crippen molar-refractivity contribution in [1.29, 1.82) is 0 Å². The molecule has 6 heteroatoms. The number of nitrogen functional groups attached to an aromatic ring is 1. The smallest absolute Gasteiger partial charge is 0.150 e. The number of hydrogen-bond donors (Lipinski definition) is 2. The maximum absolute atomic E-state index is 6.61. The molecule has 2 fully saturated rings. The SMILES string of the molecule is Nc1nccn2c(C34CCC(N)(CC3)C4)nc(-c3ccc(Oc4ccccc4)cc3)c12. The van der Waals surface area contributed by atoms with E-state index in [-0.39, 0.29) is 11.0 Å². The fourth-order valence-electron chi connectivity index (χ4n) is 5.50. The highest BCUT2D eigenvalue weighted by Crippen LogP contribution is 2.56. The molecule has 2 aromatic carbocycles. The van der Waals surface area contributed by atoms with E-state index in [4.69, 9.17) is 21.2 Å². The molecule has 2 saturated carbocycles. The Morgan fingerprint density at radius 3 is 2.29 bits per heavy atom. The van der Waals surface area contributed by atoms with Crippen LogP contribution in [0.2, 0.25) is 0 Å².